The van der Waals surface area contributed by atoms with Gasteiger partial charge in [-0.3, -0.25) is 0 Å². The lowest BCUT2D eigenvalue weighted by Crippen LogP contribution is -2.26. The van der Waals surface area contributed by atoms with E-state index in [1.807, 2.05) is 0 Å². The summed E-state index contributed by atoms with van der Waals surface area (Å²) in [5, 5.41) is 1.21. The van der Waals surface area contributed by atoms with E-state index in [0.717, 1.165) is 23.2 Å². The van der Waals surface area contributed by atoms with E-state index in [1.54, 1.807) is 0 Å². The fourth-order valence-corrected chi connectivity index (χ4v) is 5.61. The first-order valence-electron chi connectivity index (χ1n) is 11.5. The van der Waals surface area contributed by atoms with Crippen LogP contribution in [0.2, 0.25) is 0 Å². The van der Waals surface area contributed by atoms with Crippen molar-refractivity contribution in [1.29, 1.82) is 0 Å². The van der Waals surface area contributed by atoms with Crippen molar-refractivity contribution in [2.24, 2.45) is 0 Å². The Kier molecular flexibility index (Phi) is 4.52. The van der Waals surface area contributed by atoms with Gasteiger partial charge in [-0.2, -0.15) is 0 Å². The van der Waals surface area contributed by atoms with Gasteiger partial charge in [0, 0.05) is 16.5 Å². The molecule has 1 heterocycles. The summed E-state index contributed by atoms with van der Waals surface area (Å²) in [4.78, 5) is 5.24. The predicted octanol–water partition coefficient (Wildman–Crippen LogP) is 8.10. The van der Waals surface area contributed by atoms with E-state index in [4.69, 9.17) is 4.98 Å². The van der Waals surface area contributed by atoms with Crippen LogP contribution < -0.4 is 0 Å². The molecule has 1 unspecified atom stereocenters. The summed E-state index contributed by atoms with van der Waals surface area (Å²) in [5.74, 6) is 0. The van der Waals surface area contributed by atoms with Crippen molar-refractivity contribution in [2.75, 3.05) is 0 Å². The number of fused-ring (bicyclic) bond motifs is 5. The molecule has 0 aliphatic heterocycles. The van der Waals surface area contributed by atoms with Gasteiger partial charge < -0.3 is 0 Å². The summed E-state index contributed by atoms with van der Waals surface area (Å²) in [6.07, 6.45) is 2.89. The van der Waals surface area contributed by atoms with E-state index in [1.165, 1.54) is 38.8 Å². The lowest BCUT2D eigenvalue weighted by Gasteiger charge is -2.33. The highest BCUT2D eigenvalue weighted by Crippen LogP contribution is 2.58. The molecule has 1 aromatic heterocycles. The average Bonchev–Trinajstić information content (AvgIpc) is 3.17. The highest BCUT2D eigenvalue weighted by atomic mass is 14.7. The molecule has 0 bridgehead atoms. The maximum Gasteiger partial charge on any atom is 0.0791 e. The van der Waals surface area contributed by atoms with Gasteiger partial charge in [0.1, 0.15) is 0 Å². The highest BCUT2D eigenvalue weighted by Gasteiger charge is 2.46. The molecular formula is C32H25N. The molecule has 0 radical (unpaired) electrons. The maximum absolute atomic E-state index is 5.24. The number of aryl methyl sites for hydroxylation is 1. The Morgan fingerprint density at radius 2 is 1.48 bits per heavy atom. The van der Waals surface area contributed by atoms with Crippen molar-refractivity contribution >= 4 is 10.9 Å². The van der Waals surface area contributed by atoms with Crippen molar-refractivity contribution in [3.63, 3.8) is 0 Å². The van der Waals surface area contributed by atoms with Gasteiger partial charge >= 0.3 is 0 Å². The first-order valence-corrected chi connectivity index (χ1v) is 11.5. The number of hydrogen-bond acceptors (Lipinski definition) is 1. The zero-order chi connectivity index (χ0) is 22.4. The minimum atomic E-state index is -0.309. The third-order valence-corrected chi connectivity index (χ3v) is 7.02. The summed E-state index contributed by atoms with van der Waals surface area (Å²) >= 11 is 0. The summed E-state index contributed by atoms with van der Waals surface area (Å²) in [7, 11) is 0. The smallest absolute Gasteiger partial charge is 0.0791 e. The number of para-hydroxylation sites is 1. The lowest BCUT2D eigenvalue weighted by molar-refractivity contribution is 0.651. The molecule has 158 valence electrons. The SMILES string of the molecule is C=CCC1(c2ccccc2)c2ccccc2-c2c(-c3ccc(C)cc3)nc3ccccc3c21. The van der Waals surface area contributed by atoms with Gasteiger partial charge in [0.2, 0.25) is 0 Å². The number of rotatable bonds is 4. The zero-order valence-corrected chi connectivity index (χ0v) is 18.8. The molecule has 1 heteroatoms. The molecule has 0 N–H and O–H groups in total. The molecule has 1 nitrogen and oxygen atoms in total. The van der Waals surface area contributed by atoms with Crippen LogP contribution in [0.3, 0.4) is 0 Å². The Labute approximate surface area is 195 Å². The van der Waals surface area contributed by atoms with Gasteiger partial charge in [-0.25, -0.2) is 4.98 Å². The van der Waals surface area contributed by atoms with Crippen LogP contribution in [0.4, 0.5) is 0 Å². The van der Waals surface area contributed by atoms with Crippen LogP contribution in [0.15, 0.2) is 116 Å². The quantitative estimate of drug-likeness (QED) is 0.266. The number of allylic oxidation sites excluding steroid dienone is 1. The number of hydrogen-bond donors (Lipinski definition) is 0. The van der Waals surface area contributed by atoms with E-state index in [-0.39, 0.29) is 5.41 Å². The van der Waals surface area contributed by atoms with Crippen molar-refractivity contribution in [1.82, 2.24) is 4.98 Å². The Morgan fingerprint density at radius 3 is 2.27 bits per heavy atom. The van der Waals surface area contributed by atoms with Gasteiger partial charge in [0.05, 0.1) is 16.6 Å². The van der Waals surface area contributed by atoms with Crippen molar-refractivity contribution in [2.45, 2.75) is 18.8 Å². The fourth-order valence-electron chi connectivity index (χ4n) is 5.61. The molecular weight excluding hydrogens is 398 g/mol. The standard InChI is InChI=1S/C32H25N/c1-3-21-32(24-11-5-4-6-12-24)27-15-9-7-13-25(27)29-30(32)26-14-8-10-16-28(26)33-31(29)23-19-17-22(2)18-20-23/h3-20H,1,21H2,2H3. The van der Waals surface area contributed by atoms with E-state index in [2.05, 4.69) is 123 Å². The van der Waals surface area contributed by atoms with Crippen molar-refractivity contribution in [3.8, 4) is 22.4 Å². The van der Waals surface area contributed by atoms with Gasteiger partial charge in [0.25, 0.3) is 0 Å². The van der Waals surface area contributed by atoms with Crippen LogP contribution in [-0.2, 0) is 5.41 Å². The molecule has 1 aliphatic rings. The molecule has 0 amide bonds. The summed E-state index contributed by atoms with van der Waals surface area (Å²) in [6.45, 7) is 6.32. The van der Waals surface area contributed by atoms with Crippen molar-refractivity contribution < 1.29 is 0 Å². The van der Waals surface area contributed by atoms with E-state index in [9.17, 15) is 0 Å². The number of nitrogens with zero attached hydrogens (tertiary/aromatic N) is 1. The van der Waals surface area contributed by atoms with Crippen LogP contribution in [-0.4, -0.2) is 4.98 Å². The van der Waals surface area contributed by atoms with E-state index >= 15 is 0 Å². The predicted molar refractivity (Wildman–Crippen MR) is 138 cm³/mol. The third-order valence-electron chi connectivity index (χ3n) is 7.02. The molecule has 0 saturated carbocycles. The summed E-state index contributed by atoms with van der Waals surface area (Å²) in [6, 6.07) is 37.1. The Hall–Kier alpha value is -3.97. The second kappa shape index (κ2) is 7.56. The van der Waals surface area contributed by atoms with Crippen LogP contribution >= 0.6 is 0 Å². The van der Waals surface area contributed by atoms with Crippen molar-refractivity contribution in [3.05, 3.63) is 138 Å². The monoisotopic (exact) mass is 423 g/mol. The molecule has 33 heavy (non-hydrogen) atoms. The fraction of sp³-hybridized carbons (Fsp3) is 0.0938. The van der Waals surface area contributed by atoms with E-state index in [0.29, 0.717) is 0 Å². The highest BCUT2D eigenvalue weighted by molar-refractivity contribution is 6.02. The molecule has 0 fully saturated rings. The molecule has 4 aromatic carbocycles. The van der Waals surface area contributed by atoms with Crippen LogP contribution in [0.1, 0.15) is 28.7 Å². The Bertz CT molecular complexity index is 1500. The zero-order valence-electron chi connectivity index (χ0n) is 18.8. The second-order valence-corrected chi connectivity index (χ2v) is 8.90. The minimum Gasteiger partial charge on any atom is -0.247 e. The Morgan fingerprint density at radius 1 is 0.788 bits per heavy atom. The number of aromatic nitrogens is 1. The molecule has 0 spiro atoms. The minimum absolute atomic E-state index is 0.309. The van der Waals surface area contributed by atoms with Crippen LogP contribution in [0.5, 0.6) is 0 Å². The van der Waals surface area contributed by atoms with E-state index < -0.39 is 0 Å². The van der Waals surface area contributed by atoms with Gasteiger partial charge in [0.15, 0.2) is 0 Å². The summed E-state index contributed by atoms with van der Waals surface area (Å²) < 4.78 is 0. The van der Waals surface area contributed by atoms with Gasteiger partial charge in [-0.15, -0.1) is 6.58 Å². The first-order chi connectivity index (χ1) is 16.2. The van der Waals surface area contributed by atoms with Crippen LogP contribution in [0.25, 0.3) is 33.3 Å². The molecule has 6 rings (SSSR count). The number of pyridine rings is 1. The summed E-state index contributed by atoms with van der Waals surface area (Å²) in [5.41, 5.74) is 10.7. The van der Waals surface area contributed by atoms with Crippen LogP contribution in [0, 0.1) is 6.92 Å². The van der Waals surface area contributed by atoms with Gasteiger partial charge in [-0.05, 0) is 41.7 Å². The largest absolute Gasteiger partial charge is 0.247 e. The normalized spacial score (nSPS) is 16.4. The third kappa shape index (κ3) is 2.82. The lowest BCUT2D eigenvalue weighted by atomic mass is 9.69. The molecule has 5 aromatic rings. The second-order valence-electron chi connectivity index (χ2n) is 8.90. The topological polar surface area (TPSA) is 12.9 Å². The number of benzene rings is 4. The van der Waals surface area contributed by atoms with Gasteiger partial charge in [-0.1, -0.05) is 109 Å². The maximum atomic E-state index is 5.24. The molecule has 1 atom stereocenters. The molecule has 0 saturated heterocycles. The molecule has 1 aliphatic carbocycles. The Balaban J connectivity index is 1.83. The average molecular weight is 424 g/mol. The first kappa shape index (κ1) is 19.7.